The second-order valence-corrected chi connectivity index (χ2v) is 6.65. The normalized spacial score (nSPS) is 20.0. The van der Waals surface area contributed by atoms with Crippen LogP contribution in [0.5, 0.6) is 0 Å². The number of nitrogens with zero attached hydrogens (tertiary/aromatic N) is 2. The monoisotopic (exact) mass is 338 g/mol. The van der Waals surface area contributed by atoms with Crippen LogP contribution >= 0.6 is 0 Å². The van der Waals surface area contributed by atoms with Crippen LogP contribution in [0.25, 0.3) is 12.2 Å². The highest BCUT2D eigenvalue weighted by molar-refractivity contribution is 6.14. The summed E-state index contributed by atoms with van der Waals surface area (Å²) in [6, 6.07) is 18.7. The van der Waals surface area contributed by atoms with Gasteiger partial charge in [-0.2, -0.15) is 10.5 Å². The van der Waals surface area contributed by atoms with Crippen molar-refractivity contribution in [3.63, 3.8) is 0 Å². The van der Waals surface area contributed by atoms with Crippen molar-refractivity contribution in [3.8, 4) is 12.1 Å². The predicted octanol–water partition coefficient (Wildman–Crippen LogP) is 4.90. The molecule has 0 atom stereocenters. The van der Waals surface area contributed by atoms with Gasteiger partial charge in [0.25, 0.3) is 0 Å². The summed E-state index contributed by atoms with van der Waals surface area (Å²) in [6.07, 6.45) is 5.35. The first-order valence-corrected chi connectivity index (χ1v) is 8.55. The maximum atomic E-state index is 12.9. The second-order valence-electron chi connectivity index (χ2n) is 6.65. The first-order chi connectivity index (χ1) is 12.6. The fourth-order valence-corrected chi connectivity index (χ4v) is 3.17. The second kappa shape index (κ2) is 7.64. The number of nitriles is 2. The quantitative estimate of drug-likeness (QED) is 0.732. The molecule has 1 aliphatic carbocycles. The number of Topliss-reactive ketones (excluding diaryl/α,β-unsaturated/α-hetero) is 1. The summed E-state index contributed by atoms with van der Waals surface area (Å²) in [4.78, 5) is 12.9. The molecule has 1 aliphatic rings. The first kappa shape index (κ1) is 17.4. The Kier molecular flexibility index (Phi) is 5.11. The van der Waals surface area contributed by atoms with Crippen LogP contribution in [-0.4, -0.2) is 5.78 Å². The van der Waals surface area contributed by atoms with Crippen molar-refractivity contribution in [1.29, 1.82) is 10.5 Å². The summed E-state index contributed by atoms with van der Waals surface area (Å²) in [6.45, 7) is 2.14. The number of allylic oxidation sites excluding steroid dienone is 2. The molecule has 126 valence electrons. The highest BCUT2D eigenvalue weighted by Gasteiger charge is 2.25. The number of carbonyl (C=O) groups is 1. The number of hydrogen-bond acceptors (Lipinski definition) is 3. The zero-order valence-corrected chi connectivity index (χ0v) is 14.6. The molecule has 0 heterocycles. The van der Waals surface area contributed by atoms with Crippen molar-refractivity contribution < 1.29 is 4.79 Å². The van der Waals surface area contributed by atoms with Gasteiger partial charge in [0, 0.05) is 11.1 Å². The summed E-state index contributed by atoms with van der Waals surface area (Å²) in [7, 11) is 0. The summed E-state index contributed by atoms with van der Waals surface area (Å²) >= 11 is 0. The van der Waals surface area contributed by atoms with E-state index in [9.17, 15) is 4.79 Å². The molecule has 3 nitrogen and oxygen atoms in total. The Morgan fingerprint density at radius 3 is 1.54 bits per heavy atom. The zero-order valence-electron chi connectivity index (χ0n) is 14.6. The van der Waals surface area contributed by atoms with Gasteiger partial charge in [-0.05, 0) is 66.3 Å². The van der Waals surface area contributed by atoms with Crippen LogP contribution in [0.15, 0.2) is 59.7 Å². The largest absolute Gasteiger partial charge is 0.289 e. The van der Waals surface area contributed by atoms with Gasteiger partial charge >= 0.3 is 0 Å². The first-order valence-electron chi connectivity index (χ1n) is 8.55. The minimum Gasteiger partial charge on any atom is -0.289 e. The van der Waals surface area contributed by atoms with Gasteiger partial charge in [-0.15, -0.1) is 0 Å². The van der Waals surface area contributed by atoms with Gasteiger partial charge in [0.15, 0.2) is 5.78 Å². The molecule has 3 rings (SSSR count). The van der Waals surface area contributed by atoms with Crippen LogP contribution in [0.3, 0.4) is 0 Å². The van der Waals surface area contributed by atoms with Crippen molar-refractivity contribution >= 4 is 17.9 Å². The van der Waals surface area contributed by atoms with Crippen molar-refractivity contribution in [2.24, 2.45) is 5.92 Å². The molecule has 0 amide bonds. The van der Waals surface area contributed by atoms with Crippen molar-refractivity contribution in [2.75, 3.05) is 0 Å². The Hall–Kier alpha value is -3.43. The number of hydrogen-bond donors (Lipinski definition) is 0. The molecular weight excluding hydrogens is 320 g/mol. The van der Waals surface area contributed by atoms with E-state index in [1.807, 2.05) is 36.4 Å². The third-order valence-electron chi connectivity index (χ3n) is 4.48. The van der Waals surface area contributed by atoms with Crippen LogP contribution in [0.4, 0.5) is 0 Å². The molecule has 3 heteroatoms. The molecule has 0 aliphatic heterocycles. The highest BCUT2D eigenvalue weighted by atomic mass is 16.1. The third kappa shape index (κ3) is 3.97. The van der Waals surface area contributed by atoms with Crippen LogP contribution in [0.1, 0.15) is 42.0 Å². The molecule has 0 N–H and O–H groups in total. The number of benzene rings is 2. The van der Waals surface area contributed by atoms with Crippen LogP contribution in [-0.2, 0) is 4.79 Å². The van der Waals surface area contributed by atoms with Gasteiger partial charge in [0.05, 0.1) is 23.3 Å². The maximum Gasteiger partial charge on any atom is 0.185 e. The summed E-state index contributed by atoms with van der Waals surface area (Å²) in [5, 5.41) is 17.8. The fourth-order valence-electron chi connectivity index (χ4n) is 3.17. The Morgan fingerprint density at radius 1 is 0.808 bits per heavy atom. The molecule has 0 radical (unpaired) electrons. The van der Waals surface area contributed by atoms with E-state index in [4.69, 9.17) is 10.5 Å². The lowest BCUT2D eigenvalue weighted by Gasteiger charge is -2.22. The average Bonchev–Trinajstić information content (AvgIpc) is 2.66. The van der Waals surface area contributed by atoms with E-state index in [2.05, 4.69) is 19.1 Å². The number of rotatable bonds is 2. The molecular formula is C23H18N2O. The molecule has 0 saturated heterocycles. The molecule has 0 aromatic heterocycles. The molecule has 1 fully saturated rings. The standard InChI is InChI=1S/C23H18N2O/c1-16-10-21(12-17-2-6-19(14-24)7-3-17)23(26)22(11-16)13-18-4-8-20(15-25)9-5-18/h2-9,12-13,16H,10-11H2,1H3/b21-12+,22-13+. The molecule has 0 spiro atoms. The lowest BCUT2D eigenvalue weighted by molar-refractivity contribution is -0.113. The molecule has 2 aromatic carbocycles. The van der Waals surface area contributed by atoms with E-state index >= 15 is 0 Å². The Morgan fingerprint density at radius 2 is 1.19 bits per heavy atom. The van der Waals surface area contributed by atoms with Crippen LogP contribution < -0.4 is 0 Å². The number of ketones is 1. The highest BCUT2D eigenvalue weighted by Crippen LogP contribution is 2.32. The molecule has 2 aromatic rings. The summed E-state index contributed by atoms with van der Waals surface area (Å²) in [5.41, 5.74) is 4.67. The maximum absolute atomic E-state index is 12.9. The Bertz CT molecular complexity index is 885. The minimum atomic E-state index is 0.0804. The molecule has 0 unspecified atom stereocenters. The fraction of sp³-hybridized carbons (Fsp3) is 0.174. The van der Waals surface area contributed by atoms with Gasteiger partial charge < -0.3 is 0 Å². The van der Waals surface area contributed by atoms with E-state index in [1.54, 1.807) is 24.3 Å². The van der Waals surface area contributed by atoms with E-state index in [1.165, 1.54) is 0 Å². The molecule has 0 bridgehead atoms. The van der Waals surface area contributed by atoms with Crippen molar-refractivity contribution in [3.05, 3.63) is 81.9 Å². The SMILES string of the molecule is CC1C/C(=C\c2ccc(C#N)cc2)C(=O)/C(=C/c2ccc(C#N)cc2)C1. The van der Waals surface area contributed by atoms with Crippen LogP contribution in [0, 0.1) is 28.6 Å². The number of carbonyl (C=O) groups excluding carboxylic acids is 1. The molecule has 26 heavy (non-hydrogen) atoms. The average molecular weight is 338 g/mol. The van der Waals surface area contributed by atoms with E-state index < -0.39 is 0 Å². The van der Waals surface area contributed by atoms with Gasteiger partial charge in [0.1, 0.15) is 0 Å². The van der Waals surface area contributed by atoms with Crippen molar-refractivity contribution in [1.82, 2.24) is 0 Å². The molecule has 1 saturated carbocycles. The van der Waals surface area contributed by atoms with E-state index in [0.717, 1.165) is 35.1 Å². The van der Waals surface area contributed by atoms with E-state index in [-0.39, 0.29) is 5.78 Å². The third-order valence-corrected chi connectivity index (χ3v) is 4.48. The topological polar surface area (TPSA) is 64.7 Å². The minimum absolute atomic E-state index is 0.0804. The van der Waals surface area contributed by atoms with Crippen molar-refractivity contribution in [2.45, 2.75) is 19.8 Å². The summed E-state index contributed by atoms with van der Waals surface area (Å²) in [5.74, 6) is 0.471. The zero-order chi connectivity index (χ0) is 18.5. The van der Waals surface area contributed by atoms with Gasteiger partial charge in [-0.1, -0.05) is 31.2 Å². The van der Waals surface area contributed by atoms with Gasteiger partial charge in [-0.3, -0.25) is 4.79 Å². The summed E-state index contributed by atoms with van der Waals surface area (Å²) < 4.78 is 0. The van der Waals surface area contributed by atoms with Gasteiger partial charge in [0.2, 0.25) is 0 Å². The van der Waals surface area contributed by atoms with Gasteiger partial charge in [-0.25, -0.2) is 0 Å². The predicted molar refractivity (Wildman–Crippen MR) is 102 cm³/mol. The lowest BCUT2D eigenvalue weighted by Crippen LogP contribution is -2.18. The van der Waals surface area contributed by atoms with E-state index in [0.29, 0.717) is 17.0 Å². The van der Waals surface area contributed by atoms with Crippen LogP contribution in [0.2, 0.25) is 0 Å². The smallest absolute Gasteiger partial charge is 0.185 e. The Labute approximate surface area is 153 Å². The lowest BCUT2D eigenvalue weighted by atomic mass is 9.80. The Balaban J connectivity index is 1.89.